The van der Waals surface area contributed by atoms with Gasteiger partial charge in [0.05, 0.1) is 19.0 Å². The fourth-order valence-electron chi connectivity index (χ4n) is 3.76. The molecule has 0 fully saturated rings. The molecule has 140 valence electrons. The van der Waals surface area contributed by atoms with E-state index in [0.717, 1.165) is 5.56 Å². The summed E-state index contributed by atoms with van der Waals surface area (Å²) in [5.41, 5.74) is 6.17. The monoisotopic (exact) mass is 383 g/mol. The lowest BCUT2D eigenvalue weighted by Crippen LogP contribution is -2.37. The van der Waals surface area contributed by atoms with Gasteiger partial charge in [0.15, 0.2) is 6.20 Å². The van der Waals surface area contributed by atoms with Crippen molar-refractivity contribution in [3.63, 3.8) is 0 Å². The molecule has 4 rings (SSSR count). The molecule has 0 aliphatic heterocycles. The van der Waals surface area contributed by atoms with Gasteiger partial charge in [-0.3, -0.25) is 4.98 Å². The van der Waals surface area contributed by atoms with Crippen molar-refractivity contribution in [2.75, 3.05) is 0 Å². The predicted molar refractivity (Wildman–Crippen MR) is 122 cm³/mol. The van der Waals surface area contributed by atoms with Gasteiger partial charge >= 0.3 is 0 Å². The van der Waals surface area contributed by atoms with Gasteiger partial charge in [-0.2, -0.15) is 0 Å². The first-order valence-electron chi connectivity index (χ1n) is 9.79. The fourth-order valence-corrected chi connectivity index (χ4v) is 4.94. The van der Waals surface area contributed by atoms with E-state index < -0.39 is 8.07 Å². The third-order valence-corrected chi connectivity index (χ3v) is 7.53. The van der Waals surface area contributed by atoms with Crippen molar-refractivity contribution in [1.82, 2.24) is 4.98 Å². The molecule has 0 spiro atoms. The summed E-state index contributed by atoms with van der Waals surface area (Å²) in [5.74, 6) is 0. The third kappa shape index (κ3) is 3.38. The number of aromatic nitrogens is 2. The maximum absolute atomic E-state index is 4.28. The van der Waals surface area contributed by atoms with E-state index in [1.54, 1.807) is 0 Å². The number of nitrogens with zero attached hydrogens (tertiary/aromatic N) is 2. The molecule has 0 radical (unpaired) electrons. The van der Waals surface area contributed by atoms with Crippen LogP contribution in [0.5, 0.6) is 0 Å². The molecule has 2 aromatic heterocycles. The van der Waals surface area contributed by atoms with Gasteiger partial charge in [-0.25, -0.2) is 4.57 Å². The Labute approximate surface area is 168 Å². The molecular formula is C25H27N2Si+. The number of aryl methyl sites for hydroxylation is 2. The highest BCUT2D eigenvalue weighted by molar-refractivity contribution is 6.88. The first-order chi connectivity index (χ1) is 13.3. The summed E-state index contributed by atoms with van der Waals surface area (Å²) in [4.78, 5) is 4.28. The first kappa shape index (κ1) is 18.6. The van der Waals surface area contributed by atoms with Crippen LogP contribution in [0.1, 0.15) is 5.56 Å². The van der Waals surface area contributed by atoms with Gasteiger partial charge in [0, 0.05) is 24.0 Å². The maximum atomic E-state index is 4.28. The molecule has 0 atom stereocenters. The molecule has 0 saturated heterocycles. The second kappa shape index (κ2) is 6.99. The Hall–Kier alpha value is -2.78. The first-order valence-corrected chi connectivity index (χ1v) is 13.3. The molecule has 0 N–H and O–H groups in total. The number of fused-ring (bicyclic) bond motifs is 1. The van der Waals surface area contributed by atoms with Crippen LogP contribution in [0.3, 0.4) is 0 Å². The Morgan fingerprint density at radius 1 is 0.893 bits per heavy atom. The summed E-state index contributed by atoms with van der Waals surface area (Å²) in [6, 6.07) is 20.1. The summed E-state index contributed by atoms with van der Waals surface area (Å²) in [5, 5.41) is 4.12. The van der Waals surface area contributed by atoms with E-state index >= 15 is 0 Å². The second-order valence-corrected chi connectivity index (χ2v) is 13.7. The molecule has 0 aliphatic carbocycles. The minimum absolute atomic E-state index is 1.15. The Bertz CT molecular complexity index is 1160. The molecule has 3 heteroatoms. The van der Waals surface area contributed by atoms with Crippen molar-refractivity contribution < 1.29 is 4.57 Å². The summed E-state index contributed by atoms with van der Waals surface area (Å²) >= 11 is 0. The normalized spacial score (nSPS) is 11.8. The van der Waals surface area contributed by atoms with Crippen LogP contribution >= 0.6 is 0 Å². The largest absolute Gasteiger partial charge is 0.264 e. The lowest BCUT2D eigenvalue weighted by Gasteiger charge is -2.17. The van der Waals surface area contributed by atoms with E-state index in [0.29, 0.717) is 0 Å². The van der Waals surface area contributed by atoms with Crippen LogP contribution in [0.15, 0.2) is 73.2 Å². The van der Waals surface area contributed by atoms with E-state index in [9.17, 15) is 0 Å². The minimum atomic E-state index is -1.34. The van der Waals surface area contributed by atoms with Crippen LogP contribution in [0.4, 0.5) is 0 Å². The van der Waals surface area contributed by atoms with Crippen molar-refractivity contribution in [1.29, 1.82) is 0 Å². The second-order valence-electron chi connectivity index (χ2n) is 8.60. The number of pyridine rings is 2. The Morgan fingerprint density at radius 3 is 2.43 bits per heavy atom. The highest BCUT2D eigenvalue weighted by Gasteiger charge is 2.21. The molecule has 0 bridgehead atoms. The standard InChI is InChI=1S/C25H27N2Si/c1-18-8-9-19(21-7-6-13-26-17-21)16-24(18)25-23-11-10-22(28(3,4)5)15-20(23)12-14-27(25)2/h6-17H,1-5H3/q+1. The number of benzene rings is 2. The molecule has 28 heavy (non-hydrogen) atoms. The molecule has 2 nitrogen and oxygen atoms in total. The zero-order chi connectivity index (χ0) is 19.9. The van der Waals surface area contributed by atoms with E-state index in [2.05, 4.69) is 97.9 Å². The minimum Gasteiger partial charge on any atom is -0.264 e. The molecule has 0 aliphatic rings. The van der Waals surface area contributed by atoms with Gasteiger partial charge in [0.1, 0.15) is 7.05 Å². The van der Waals surface area contributed by atoms with Crippen molar-refractivity contribution in [2.45, 2.75) is 26.6 Å². The highest BCUT2D eigenvalue weighted by atomic mass is 28.3. The van der Waals surface area contributed by atoms with Gasteiger partial charge in [-0.05, 0) is 41.6 Å². The lowest BCUT2D eigenvalue weighted by atomic mass is 9.95. The molecule has 2 heterocycles. The molecular weight excluding hydrogens is 356 g/mol. The molecule has 0 saturated carbocycles. The van der Waals surface area contributed by atoms with Crippen LogP contribution in [0.25, 0.3) is 33.2 Å². The van der Waals surface area contributed by atoms with E-state index in [4.69, 9.17) is 0 Å². The zero-order valence-electron chi connectivity index (χ0n) is 17.3. The summed E-state index contributed by atoms with van der Waals surface area (Å²) in [6.07, 6.45) is 5.93. The van der Waals surface area contributed by atoms with Gasteiger partial charge < -0.3 is 0 Å². The predicted octanol–water partition coefficient (Wildman–Crippen LogP) is 5.25. The van der Waals surface area contributed by atoms with Crippen molar-refractivity contribution in [3.8, 4) is 22.4 Å². The van der Waals surface area contributed by atoms with Crippen molar-refractivity contribution in [3.05, 3.63) is 78.8 Å². The van der Waals surface area contributed by atoms with Gasteiger partial charge in [0.2, 0.25) is 5.69 Å². The highest BCUT2D eigenvalue weighted by Crippen LogP contribution is 2.31. The lowest BCUT2D eigenvalue weighted by molar-refractivity contribution is -0.659. The van der Waals surface area contributed by atoms with E-state index in [1.807, 2.05) is 18.5 Å². The van der Waals surface area contributed by atoms with Crippen molar-refractivity contribution >= 4 is 24.0 Å². The Kier molecular flexibility index (Phi) is 4.64. The Balaban J connectivity index is 1.95. The maximum Gasteiger partial charge on any atom is 0.220 e. The zero-order valence-corrected chi connectivity index (χ0v) is 18.3. The fraction of sp³-hybridized carbons (Fsp3) is 0.200. The summed E-state index contributed by atoms with van der Waals surface area (Å²) < 4.78 is 2.24. The molecule has 4 aromatic rings. The summed E-state index contributed by atoms with van der Waals surface area (Å²) in [7, 11) is 0.798. The van der Waals surface area contributed by atoms with Gasteiger partial charge in [0.25, 0.3) is 0 Å². The SMILES string of the molecule is Cc1ccc(-c2cccnc2)cc1-c1c2ccc([Si](C)(C)C)cc2cc[n+]1C. The van der Waals surface area contributed by atoms with Crippen LogP contribution in [-0.4, -0.2) is 13.1 Å². The van der Waals surface area contributed by atoms with Crippen LogP contribution in [0, 0.1) is 6.92 Å². The average Bonchev–Trinajstić information content (AvgIpc) is 2.68. The summed E-state index contributed by atoms with van der Waals surface area (Å²) in [6.45, 7) is 9.40. The molecule has 2 aromatic carbocycles. The topological polar surface area (TPSA) is 16.8 Å². The number of rotatable bonds is 3. The molecule has 0 unspecified atom stereocenters. The van der Waals surface area contributed by atoms with Gasteiger partial charge in [-0.15, -0.1) is 0 Å². The van der Waals surface area contributed by atoms with Crippen LogP contribution in [0.2, 0.25) is 19.6 Å². The third-order valence-electron chi connectivity index (χ3n) is 5.49. The molecule has 0 amide bonds. The quantitative estimate of drug-likeness (QED) is 0.349. The number of hydrogen-bond donors (Lipinski definition) is 0. The van der Waals surface area contributed by atoms with E-state index in [-0.39, 0.29) is 0 Å². The average molecular weight is 384 g/mol. The van der Waals surface area contributed by atoms with Crippen LogP contribution in [-0.2, 0) is 7.05 Å². The van der Waals surface area contributed by atoms with E-state index in [1.165, 1.54) is 38.3 Å². The Morgan fingerprint density at radius 2 is 1.71 bits per heavy atom. The van der Waals surface area contributed by atoms with Crippen molar-refractivity contribution in [2.24, 2.45) is 7.05 Å². The van der Waals surface area contributed by atoms with Crippen LogP contribution < -0.4 is 9.75 Å². The van der Waals surface area contributed by atoms with Gasteiger partial charge in [-0.1, -0.05) is 55.2 Å². The number of hydrogen-bond acceptors (Lipinski definition) is 1. The smallest absolute Gasteiger partial charge is 0.220 e.